The Bertz CT molecular complexity index is 664. The number of hydrogen-bond acceptors (Lipinski definition) is 4. The molecule has 0 saturated heterocycles. The molecule has 1 aliphatic rings. The van der Waals surface area contributed by atoms with E-state index in [0.717, 1.165) is 41.6 Å². The summed E-state index contributed by atoms with van der Waals surface area (Å²) in [5.41, 5.74) is 2.33. The molecule has 0 saturated carbocycles. The molecule has 1 aromatic heterocycles. The summed E-state index contributed by atoms with van der Waals surface area (Å²) in [6.07, 6.45) is 4.62. The molecule has 0 amide bonds. The van der Waals surface area contributed by atoms with Crippen LogP contribution in [0.4, 0.5) is 0 Å². The monoisotopic (exact) mass is 332 g/mol. The lowest BCUT2D eigenvalue weighted by atomic mass is 10.00. The predicted octanol–water partition coefficient (Wildman–Crippen LogP) is 3.77. The summed E-state index contributed by atoms with van der Waals surface area (Å²) in [5.74, 6) is 2.01. The molecule has 1 aromatic carbocycles. The molecule has 4 nitrogen and oxygen atoms in total. The summed E-state index contributed by atoms with van der Waals surface area (Å²) in [5, 5.41) is 0.746. The number of aromatic nitrogens is 1. The Morgan fingerprint density at radius 2 is 2.09 bits per heavy atom. The fourth-order valence-corrected chi connectivity index (χ4v) is 3.19. The van der Waals surface area contributed by atoms with Crippen LogP contribution in [0.3, 0.4) is 0 Å². The van der Waals surface area contributed by atoms with Crippen molar-refractivity contribution in [2.75, 3.05) is 20.4 Å². The van der Waals surface area contributed by atoms with Crippen LogP contribution < -0.4 is 9.47 Å². The van der Waals surface area contributed by atoms with Crippen LogP contribution in [0.5, 0.6) is 11.5 Å². The van der Waals surface area contributed by atoms with Gasteiger partial charge in [-0.25, -0.2) is 0 Å². The fraction of sp³-hybridized carbons (Fsp3) is 0.389. The van der Waals surface area contributed by atoms with Gasteiger partial charge in [0.2, 0.25) is 6.79 Å². The van der Waals surface area contributed by atoms with Crippen LogP contribution in [0.1, 0.15) is 18.1 Å². The summed E-state index contributed by atoms with van der Waals surface area (Å²) < 4.78 is 10.8. The van der Waals surface area contributed by atoms with Gasteiger partial charge in [-0.2, -0.15) is 0 Å². The molecular weight excluding hydrogens is 312 g/mol. The quantitative estimate of drug-likeness (QED) is 0.806. The first-order valence-electron chi connectivity index (χ1n) is 7.77. The normalized spacial score (nSPS) is 14.3. The zero-order valence-corrected chi connectivity index (χ0v) is 14.2. The average molecular weight is 333 g/mol. The van der Waals surface area contributed by atoms with Gasteiger partial charge in [0.25, 0.3) is 0 Å². The van der Waals surface area contributed by atoms with Crippen molar-refractivity contribution < 1.29 is 9.47 Å². The van der Waals surface area contributed by atoms with Gasteiger partial charge in [-0.1, -0.05) is 24.6 Å². The second kappa shape index (κ2) is 7.20. The third-order valence-electron chi connectivity index (χ3n) is 3.91. The predicted molar refractivity (Wildman–Crippen MR) is 91.0 cm³/mol. The van der Waals surface area contributed by atoms with Crippen molar-refractivity contribution in [3.05, 3.63) is 52.8 Å². The Morgan fingerprint density at radius 3 is 2.83 bits per heavy atom. The number of halogens is 1. The summed E-state index contributed by atoms with van der Waals surface area (Å²) in [6.45, 7) is 4.39. The Kier molecular flexibility index (Phi) is 5.03. The van der Waals surface area contributed by atoms with Crippen molar-refractivity contribution in [1.29, 1.82) is 0 Å². The zero-order chi connectivity index (χ0) is 16.2. The van der Waals surface area contributed by atoms with Gasteiger partial charge in [-0.05, 0) is 42.6 Å². The van der Waals surface area contributed by atoms with E-state index in [-0.39, 0.29) is 6.79 Å². The maximum atomic E-state index is 6.36. The maximum Gasteiger partial charge on any atom is 0.231 e. The molecule has 0 spiro atoms. The van der Waals surface area contributed by atoms with Gasteiger partial charge in [-0.15, -0.1) is 0 Å². The van der Waals surface area contributed by atoms with Crippen LogP contribution in [0.15, 0.2) is 36.7 Å². The summed E-state index contributed by atoms with van der Waals surface area (Å²) in [7, 11) is 2.13. The highest BCUT2D eigenvalue weighted by molar-refractivity contribution is 6.31. The standard InChI is InChI=1S/C18H21ClN2O2/c1-13(10-21(2)11-14-4-3-5-20-9-14)6-15-7-17-18(8-16(15)19)23-12-22-17/h3-5,7-9,13H,6,10-12H2,1-2H3. The molecule has 122 valence electrons. The van der Waals surface area contributed by atoms with E-state index in [0.29, 0.717) is 5.92 Å². The summed E-state index contributed by atoms with van der Waals surface area (Å²) in [4.78, 5) is 6.47. The van der Waals surface area contributed by atoms with Crippen molar-refractivity contribution in [1.82, 2.24) is 9.88 Å². The Morgan fingerprint density at radius 1 is 1.30 bits per heavy atom. The molecule has 5 heteroatoms. The van der Waals surface area contributed by atoms with Crippen LogP contribution in [-0.4, -0.2) is 30.3 Å². The number of ether oxygens (including phenoxy) is 2. The summed E-state index contributed by atoms with van der Waals surface area (Å²) >= 11 is 6.36. The highest BCUT2D eigenvalue weighted by Gasteiger charge is 2.18. The van der Waals surface area contributed by atoms with Crippen LogP contribution in [-0.2, 0) is 13.0 Å². The Balaban J connectivity index is 1.58. The number of benzene rings is 1. The lowest BCUT2D eigenvalue weighted by molar-refractivity contribution is 0.174. The van der Waals surface area contributed by atoms with Gasteiger partial charge < -0.3 is 14.4 Å². The first-order chi connectivity index (χ1) is 11.1. The van der Waals surface area contributed by atoms with E-state index in [2.05, 4.69) is 29.9 Å². The molecule has 1 aliphatic heterocycles. The third kappa shape index (κ3) is 4.15. The molecule has 0 aliphatic carbocycles. The molecule has 23 heavy (non-hydrogen) atoms. The van der Waals surface area contributed by atoms with Crippen LogP contribution >= 0.6 is 11.6 Å². The molecular formula is C18H21ClN2O2. The minimum Gasteiger partial charge on any atom is -0.454 e. The number of rotatable bonds is 6. The second-order valence-electron chi connectivity index (χ2n) is 6.16. The van der Waals surface area contributed by atoms with Crippen molar-refractivity contribution in [3.8, 4) is 11.5 Å². The number of pyridine rings is 1. The molecule has 0 bridgehead atoms. The van der Waals surface area contributed by atoms with Crippen LogP contribution in [0.25, 0.3) is 0 Å². The summed E-state index contributed by atoms with van der Waals surface area (Å²) in [6, 6.07) is 7.93. The zero-order valence-electron chi connectivity index (χ0n) is 13.5. The smallest absolute Gasteiger partial charge is 0.231 e. The molecule has 0 N–H and O–H groups in total. The first kappa shape index (κ1) is 16.1. The molecule has 0 radical (unpaired) electrons. The molecule has 0 fully saturated rings. The van der Waals surface area contributed by atoms with Gasteiger partial charge in [-0.3, -0.25) is 4.98 Å². The minimum atomic E-state index is 0.276. The minimum absolute atomic E-state index is 0.276. The largest absolute Gasteiger partial charge is 0.454 e. The molecule has 2 aromatic rings. The van der Waals surface area contributed by atoms with E-state index in [9.17, 15) is 0 Å². The number of fused-ring (bicyclic) bond motifs is 1. The molecule has 2 heterocycles. The van der Waals surface area contributed by atoms with Crippen LogP contribution in [0, 0.1) is 5.92 Å². The Hall–Kier alpha value is -1.78. The second-order valence-corrected chi connectivity index (χ2v) is 6.57. The molecule has 1 atom stereocenters. The van der Waals surface area contributed by atoms with Gasteiger partial charge >= 0.3 is 0 Å². The van der Waals surface area contributed by atoms with E-state index >= 15 is 0 Å². The van der Waals surface area contributed by atoms with Crippen molar-refractivity contribution >= 4 is 11.6 Å². The van der Waals surface area contributed by atoms with Gasteiger partial charge in [0.15, 0.2) is 11.5 Å². The highest BCUT2D eigenvalue weighted by Crippen LogP contribution is 2.37. The maximum absolute atomic E-state index is 6.36. The molecule has 1 unspecified atom stereocenters. The lowest BCUT2D eigenvalue weighted by Gasteiger charge is -2.21. The van der Waals surface area contributed by atoms with Crippen molar-refractivity contribution in [2.45, 2.75) is 19.9 Å². The first-order valence-corrected chi connectivity index (χ1v) is 8.15. The van der Waals surface area contributed by atoms with Gasteiger partial charge in [0.05, 0.1) is 0 Å². The SMILES string of the molecule is CC(Cc1cc2c(cc1Cl)OCO2)CN(C)Cc1cccnc1. The number of nitrogens with zero attached hydrogens (tertiary/aromatic N) is 2. The fourth-order valence-electron chi connectivity index (χ4n) is 2.96. The van der Waals surface area contributed by atoms with Gasteiger partial charge in [0.1, 0.15) is 0 Å². The Labute approximate surface area is 142 Å². The van der Waals surface area contributed by atoms with E-state index in [4.69, 9.17) is 21.1 Å². The van der Waals surface area contributed by atoms with E-state index in [1.54, 1.807) is 6.20 Å². The van der Waals surface area contributed by atoms with E-state index < -0.39 is 0 Å². The van der Waals surface area contributed by atoms with Crippen LogP contribution in [0.2, 0.25) is 5.02 Å². The van der Waals surface area contributed by atoms with E-state index in [1.165, 1.54) is 5.56 Å². The lowest BCUT2D eigenvalue weighted by Crippen LogP contribution is -2.25. The topological polar surface area (TPSA) is 34.6 Å². The van der Waals surface area contributed by atoms with Gasteiger partial charge in [0, 0.05) is 36.6 Å². The van der Waals surface area contributed by atoms with Crippen molar-refractivity contribution in [3.63, 3.8) is 0 Å². The molecule has 3 rings (SSSR count). The highest BCUT2D eigenvalue weighted by atomic mass is 35.5. The van der Waals surface area contributed by atoms with Crippen molar-refractivity contribution in [2.24, 2.45) is 5.92 Å². The average Bonchev–Trinajstić information content (AvgIpc) is 2.95. The number of hydrogen-bond donors (Lipinski definition) is 0. The van der Waals surface area contributed by atoms with E-state index in [1.807, 2.05) is 24.4 Å². The third-order valence-corrected chi connectivity index (χ3v) is 4.26.